The number of benzene rings is 1. The van der Waals surface area contributed by atoms with E-state index in [0.29, 0.717) is 27.9 Å². The zero-order valence-corrected chi connectivity index (χ0v) is 14.6. The molecule has 1 aromatic carbocycles. The molecule has 6 heteroatoms. The van der Waals surface area contributed by atoms with Crippen LogP contribution in [0.2, 0.25) is 0 Å². The van der Waals surface area contributed by atoms with E-state index in [2.05, 4.69) is 22.1 Å². The van der Waals surface area contributed by atoms with Crippen molar-refractivity contribution in [2.24, 2.45) is 0 Å². The average molecular weight is 332 g/mol. The lowest BCUT2D eigenvalue weighted by Gasteiger charge is -2.16. The molecule has 1 aromatic heterocycles. The lowest BCUT2D eigenvalue weighted by Crippen LogP contribution is -2.15. The molecule has 0 bridgehead atoms. The summed E-state index contributed by atoms with van der Waals surface area (Å²) in [6.45, 7) is 7.45. The quantitative estimate of drug-likeness (QED) is 0.817. The minimum absolute atomic E-state index is 0.287. The summed E-state index contributed by atoms with van der Waals surface area (Å²) in [5, 5.41) is 10.3. The van der Waals surface area contributed by atoms with Gasteiger partial charge in [0.05, 0.1) is 11.4 Å². The molecule has 0 atom stereocenters. The van der Waals surface area contributed by atoms with Crippen LogP contribution >= 0.6 is 0 Å². The van der Waals surface area contributed by atoms with Gasteiger partial charge in [-0.1, -0.05) is 6.58 Å². The van der Waals surface area contributed by atoms with Gasteiger partial charge < -0.3 is 10.2 Å². The number of aryl methyl sites for hydroxylation is 1. The Morgan fingerprint density at radius 1 is 1.38 bits per heavy atom. The van der Waals surface area contributed by atoms with Crippen LogP contribution in [0.25, 0.3) is 16.5 Å². The van der Waals surface area contributed by atoms with E-state index in [-0.39, 0.29) is 17.3 Å². The molecule has 0 aliphatic rings. The predicted molar refractivity (Wildman–Crippen MR) is 94.5 cm³/mol. The molecule has 0 aliphatic carbocycles. The van der Waals surface area contributed by atoms with E-state index in [4.69, 9.17) is 0 Å². The highest BCUT2D eigenvalue weighted by Crippen LogP contribution is 2.27. The van der Waals surface area contributed by atoms with Crippen LogP contribution in [0.3, 0.4) is 0 Å². The van der Waals surface area contributed by atoms with Gasteiger partial charge in [-0.15, -0.1) is 0 Å². The molecule has 0 radical (unpaired) electrons. The van der Waals surface area contributed by atoms with E-state index >= 15 is 0 Å². The van der Waals surface area contributed by atoms with Crippen LogP contribution in [0.5, 0.6) is 0 Å². The van der Waals surface area contributed by atoms with Crippen molar-refractivity contribution in [1.82, 2.24) is 20.4 Å². The van der Waals surface area contributed by atoms with Crippen LogP contribution in [-0.2, 0) is 0 Å². The number of aromatic amines is 1. The fourth-order valence-corrected chi connectivity index (χ4v) is 2.34. The number of halogens is 2. The van der Waals surface area contributed by atoms with Gasteiger partial charge >= 0.3 is 0 Å². The molecule has 2 rings (SSSR count). The fraction of sp³-hybridized carbons (Fsp3) is 0.278. The van der Waals surface area contributed by atoms with Crippen molar-refractivity contribution >= 4 is 16.5 Å². The number of hydrogen-bond donors (Lipinski definition) is 2. The molecule has 2 aromatic rings. The maximum atomic E-state index is 14.5. The second-order valence-electron chi connectivity index (χ2n) is 5.87. The standard InChI is InChI=1S/C18H22F2N4/c1-10-7-13-17(22-23-18(13)14(19)8-10)11(2)9-15(21-4)16(20)12(3)24(5)6/h7-9,21H,2H2,1,3-6H3,(H,22,23)/b15-9+,16-12-. The third kappa shape index (κ3) is 3.32. The summed E-state index contributed by atoms with van der Waals surface area (Å²) in [6.07, 6.45) is 1.57. The number of nitrogens with one attached hydrogen (secondary N) is 2. The van der Waals surface area contributed by atoms with E-state index in [1.165, 1.54) is 6.07 Å². The summed E-state index contributed by atoms with van der Waals surface area (Å²) in [7, 11) is 5.17. The molecule has 0 saturated carbocycles. The number of hydrogen-bond acceptors (Lipinski definition) is 3. The van der Waals surface area contributed by atoms with Crippen LogP contribution in [0, 0.1) is 12.7 Å². The molecule has 1 heterocycles. The summed E-state index contributed by atoms with van der Waals surface area (Å²) < 4.78 is 28.5. The van der Waals surface area contributed by atoms with Crippen molar-refractivity contribution in [2.45, 2.75) is 13.8 Å². The number of fused-ring (bicyclic) bond motifs is 1. The number of aromatic nitrogens is 2. The molecular formula is C18H22F2N4. The molecular weight excluding hydrogens is 310 g/mol. The highest BCUT2D eigenvalue weighted by Gasteiger charge is 2.14. The Kier molecular flexibility index (Phi) is 5.07. The smallest absolute Gasteiger partial charge is 0.165 e. The number of rotatable bonds is 5. The SMILES string of the molecule is C=C(/C=C(NC)\C(F)=C(/C)N(C)C)c1n[nH]c2c(F)cc(C)cc12. The second-order valence-corrected chi connectivity index (χ2v) is 5.87. The van der Waals surface area contributed by atoms with Gasteiger partial charge in [0.2, 0.25) is 0 Å². The van der Waals surface area contributed by atoms with E-state index in [1.54, 1.807) is 46.0 Å². The monoisotopic (exact) mass is 332 g/mol. The molecule has 0 spiro atoms. The van der Waals surface area contributed by atoms with Crippen LogP contribution in [0.15, 0.2) is 42.0 Å². The Morgan fingerprint density at radius 2 is 2.04 bits per heavy atom. The maximum Gasteiger partial charge on any atom is 0.165 e. The van der Waals surface area contributed by atoms with E-state index < -0.39 is 0 Å². The van der Waals surface area contributed by atoms with E-state index in [1.807, 2.05) is 6.07 Å². The van der Waals surface area contributed by atoms with Crippen molar-refractivity contribution in [3.63, 3.8) is 0 Å². The Bertz CT molecular complexity index is 844. The van der Waals surface area contributed by atoms with Gasteiger partial charge in [0.15, 0.2) is 5.83 Å². The largest absolute Gasteiger partial charge is 0.386 e. The predicted octanol–water partition coefficient (Wildman–Crippen LogP) is 3.89. The normalized spacial score (nSPS) is 13.0. The summed E-state index contributed by atoms with van der Waals surface area (Å²) in [4.78, 5) is 1.69. The average Bonchev–Trinajstić information content (AvgIpc) is 2.94. The minimum Gasteiger partial charge on any atom is -0.386 e. The first-order valence-electron chi connectivity index (χ1n) is 7.53. The van der Waals surface area contributed by atoms with Gasteiger partial charge in [-0.05, 0) is 43.2 Å². The van der Waals surface area contributed by atoms with Gasteiger partial charge in [0.25, 0.3) is 0 Å². The van der Waals surface area contributed by atoms with Crippen molar-refractivity contribution in [3.8, 4) is 0 Å². The molecule has 2 N–H and O–H groups in total. The highest BCUT2D eigenvalue weighted by molar-refractivity contribution is 5.93. The highest BCUT2D eigenvalue weighted by atomic mass is 19.1. The third-order valence-electron chi connectivity index (χ3n) is 3.89. The van der Waals surface area contributed by atoms with Gasteiger partial charge in [-0.3, -0.25) is 5.10 Å². The van der Waals surface area contributed by atoms with Gasteiger partial charge in [0, 0.05) is 32.2 Å². The summed E-state index contributed by atoms with van der Waals surface area (Å²) in [5.41, 5.74) is 2.85. The first kappa shape index (κ1) is 17.7. The van der Waals surface area contributed by atoms with Crippen molar-refractivity contribution in [2.75, 3.05) is 21.1 Å². The Hall–Kier alpha value is -2.63. The first-order chi connectivity index (χ1) is 11.3. The summed E-state index contributed by atoms with van der Waals surface area (Å²) in [5.74, 6) is -0.755. The Balaban J connectivity index is 2.50. The topological polar surface area (TPSA) is 44.0 Å². The Morgan fingerprint density at radius 3 is 2.62 bits per heavy atom. The van der Waals surface area contributed by atoms with Crippen LogP contribution in [0.1, 0.15) is 18.2 Å². The molecule has 4 nitrogen and oxygen atoms in total. The zero-order chi connectivity index (χ0) is 18.0. The van der Waals surface area contributed by atoms with Crippen molar-refractivity contribution < 1.29 is 8.78 Å². The number of allylic oxidation sites excluding steroid dienone is 4. The molecule has 128 valence electrons. The van der Waals surface area contributed by atoms with Crippen LogP contribution in [-0.4, -0.2) is 36.2 Å². The second kappa shape index (κ2) is 6.86. The van der Waals surface area contributed by atoms with Crippen LogP contribution < -0.4 is 5.32 Å². The maximum absolute atomic E-state index is 14.5. The molecule has 0 amide bonds. The van der Waals surface area contributed by atoms with Gasteiger partial charge in [-0.25, -0.2) is 8.78 Å². The lowest BCUT2D eigenvalue weighted by atomic mass is 10.1. The number of nitrogens with zero attached hydrogens (tertiary/aromatic N) is 2. The van der Waals surface area contributed by atoms with E-state index in [0.717, 1.165) is 5.56 Å². The summed E-state index contributed by atoms with van der Waals surface area (Å²) >= 11 is 0. The molecule has 0 fully saturated rings. The van der Waals surface area contributed by atoms with Crippen molar-refractivity contribution in [1.29, 1.82) is 0 Å². The minimum atomic E-state index is -0.383. The third-order valence-corrected chi connectivity index (χ3v) is 3.89. The van der Waals surface area contributed by atoms with Crippen LogP contribution in [0.4, 0.5) is 8.78 Å². The fourth-order valence-electron chi connectivity index (χ4n) is 2.34. The molecule has 0 saturated heterocycles. The summed E-state index contributed by atoms with van der Waals surface area (Å²) in [6, 6.07) is 3.26. The van der Waals surface area contributed by atoms with Crippen molar-refractivity contribution in [3.05, 3.63) is 59.1 Å². The number of likely N-dealkylation sites (N-methyl/N-ethyl adjacent to an activating group) is 1. The van der Waals surface area contributed by atoms with Gasteiger partial charge in [0.1, 0.15) is 11.3 Å². The first-order valence-corrected chi connectivity index (χ1v) is 7.53. The Labute approximate surface area is 140 Å². The van der Waals surface area contributed by atoms with Gasteiger partial charge in [-0.2, -0.15) is 5.10 Å². The van der Waals surface area contributed by atoms with E-state index in [9.17, 15) is 8.78 Å². The zero-order valence-electron chi connectivity index (χ0n) is 14.6. The number of H-pyrrole nitrogens is 1. The molecule has 0 aliphatic heterocycles. The molecule has 24 heavy (non-hydrogen) atoms. The lowest BCUT2D eigenvalue weighted by molar-refractivity contribution is 0.473. The molecule has 0 unspecified atom stereocenters.